The summed E-state index contributed by atoms with van der Waals surface area (Å²) in [4.78, 5) is 5.61. The number of imidazole rings is 1. The highest BCUT2D eigenvalue weighted by Gasteiger charge is 2.22. The average molecular weight is 712 g/mol. The maximum Gasteiger partial charge on any atom is 0.145 e. The van der Waals surface area contributed by atoms with E-state index in [1.165, 1.54) is 70.6 Å². The molecule has 12 aromatic rings. The van der Waals surface area contributed by atoms with E-state index in [1.807, 2.05) is 0 Å². The Morgan fingerprint density at radius 3 is 1.55 bits per heavy atom. The van der Waals surface area contributed by atoms with Crippen molar-refractivity contribution in [1.82, 2.24) is 14.1 Å². The number of aromatic nitrogens is 3. The third-order valence-corrected chi connectivity index (χ3v) is 11.7. The minimum atomic E-state index is 0.920. The van der Waals surface area contributed by atoms with E-state index in [0.29, 0.717) is 0 Å². The third-order valence-electron chi connectivity index (χ3n) is 11.7. The van der Waals surface area contributed by atoms with Gasteiger partial charge in [-0.1, -0.05) is 146 Å². The highest BCUT2D eigenvalue weighted by molar-refractivity contribution is 6.24. The van der Waals surface area contributed by atoms with E-state index < -0.39 is 0 Å². The first-order chi connectivity index (χ1) is 27.8. The molecule has 0 saturated carbocycles. The summed E-state index contributed by atoms with van der Waals surface area (Å²) in [5.41, 5.74) is 10.2. The minimum absolute atomic E-state index is 0.920. The number of hydrogen-bond acceptors (Lipinski definition) is 1. The summed E-state index contributed by atoms with van der Waals surface area (Å²) < 4.78 is 4.76. The molecule has 12 rings (SSSR count). The van der Waals surface area contributed by atoms with Crippen LogP contribution in [0.25, 0.3) is 110 Å². The van der Waals surface area contributed by atoms with Crippen molar-refractivity contribution in [3.05, 3.63) is 200 Å². The van der Waals surface area contributed by atoms with Gasteiger partial charge in [-0.25, -0.2) is 4.98 Å². The first kappa shape index (κ1) is 30.9. The van der Waals surface area contributed by atoms with Crippen molar-refractivity contribution in [3.8, 4) is 33.9 Å². The molecule has 3 nitrogen and oxygen atoms in total. The lowest BCUT2D eigenvalue weighted by atomic mass is 9.92. The Kier molecular flexibility index (Phi) is 6.63. The second-order valence-electron chi connectivity index (χ2n) is 14.7. The van der Waals surface area contributed by atoms with Gasteiger partial charge in [0, 0.05) is 38.5 Å². The number of fused-ring (bicyclic) bond motifs is 11. The van der Waals surface area contributed by atoms with Gasteiger partial charge in [0.1, 0.15) is 5.82 Å². The molecule has 260 valence electrons. The Hall–Kier alpha value is -7.49. The number of hydrogen-bond donors (Lipinski definition) is 0. The van der Waals surface area contributed by atoms with Crippen LogP contribution in [-0.4, -0.2) is 14.1 Å². The zero-order valence-electron chi connectivity index (χ0n) is 30.4. The normalized spacial score (nSPS) is 11.9. The standard InChI is InChI=1S/C53H33N3/c1-2-16-38(17-3-1)55-48-25-13-12-22-44(48)47-33-37(28-31-49(47)55)53-54-51-45-23-10-8-20-42(45)43-21-9-11-24-46(43)52(51)56(53)39-29-26-34(27-30-39)50-40-18-6-4-14-35(40)32-36-15-5-7-19-41(36)50/h1-33H. The Morgan fingerprint density at radius 1 is 0.321 bits per heavy atom. The fourth-order valence-electron chi connectivity index (χ4n) is 9.22. The van der Waals surface area contributed by atoms with Crippen molar-refractivity contribution in [2.75, 3.05) is 0 Å². The molecule has 0 aliphatic rings. The molecule has 0 aliphatic carbocycles. The summed E-state index contributed by atoms with van der Waals surface area (Å²) in [6, 6.07) is 72.6. The zero-order valence-corrected chi connectivity index (χ0v) is 30.4. The fraction of sp³-hybridized carbons (Fsp3) is 0. The SMILES string of the molecule is c1ccc(-n2c3ccccc3c3cc(-c4nc5c6ccccc6c6ccccc6c5n4-c4ccc(-c5c6ccccc6cc6ccccc56)cc4)ccc32)cc1. The first-order valence-corrected chi connectivity index (χ1v) is 19.2. The molecule has 56 heavy (non-hydrogen) atoms. The second-order valence-corrected chi connectivity index (χ2v) is 14.7. The molecule has 0 saturated heterocycles. The molecular formula is C53H33N3. The molecule has 10 aromatic carbocycles. The van der Waals surface area contributed by atoms with E-state index >= 15 is 0 Å². The van der Waals surface area contributed by atoms with Gasteiger partial charge in [0.25, 0.3) is 0 Å². The molecular weight excluding hydrogens is 679 g/mol. The van der Waals surface area contributed by atoms with Crippen LogP contribution in [0, 0.1) is 0 Å². The number of para-hydroxylation sites is 2. The first-order valence-electron chi connectivity index (χ1n) is 19.2. The quantitative estimate of drug-likeness (QED) is 0.132. The summed E-state index contributed by atoms with van der Waals surface area (Å²) in [5.74, 6) is 0.920. The van der Waals surface area contributed by atoms with Crippen molar-refractivity contribution in [2.24, 2.45) is 0 Å². The second kappa shape index (κ2) is 12.0. The van der Waals surface area contributed by atoms with E-state index in [2.05, 4.69) is 209 Å². The smallest absolute Gasteiger partial charge is 0.145 e. The van der Waals surface area contributed by atoms with Gasteiger partial charge in [-0.3, -0.25) is 4.57 Å². The monoisotopic (exact) mass is 711 g/mol. The maximum absolute atomic E-state index is 5.61. The topological polar surface area (TPSA) is 22.8 Å². The van der Waals surface area contributed by atoms with Gasteiger partial charge >= 0.3 is 0 Å². The van der Waals surface area contributed by atoms with Crippen molar-refractivity contribution >= 4 is 75.9 Å². The van der Waals surface area contributed by atoms with E-state index in [-0.39, 0.29) is 0 Å². The van der Waals surface area contributed by atoms with Crippen LogP contribution in [0.1, 0.15) is 0 Å². The van der Waals surface area contributed by atoms with E-state index in [4.69, 9.17) is 4.98 Å². The predicted octanol–water partition coefficient (Wildman–Crippen LogP) is 14.1. The summed E-state index contributed by atoms with van der Waals surface area (Å²) in [7, 11) is 0. The molecule has 0 amide bonds. The van der Waals surface area contributed by atoms with Gasteiger partial charge in [0.2, 0.25) is 0 Å². The van der Waals surface area contributed by atoms with Crippen molar-refractivity contribution < 1.29 is 0 Å². The van der Waals surface area contributed by atoms with Crippen LogP contribution in [0.3, 0.4) is 0 Å². The molecule has 0 N–H and O–H groups in total. The molecule has 0 spiro atoms. The summed E-state index contributed by atoms with van der Waals surface area (Å²) in [6.45, 7) is 0. The number of nitrogens with zero attached hydrogens (tertiary/aromatic N) is 3. The Morgan fingerprint density at radius 2 is 0.839 bits per heavy atom. The van der Waals surface area contributed by atoms with Crippen LogP contribution >= 0.6 is 0 Å². The lowest BCUT2D eigenvalue weighted by Crippen LogP contribution is -1.99. The van der Waals surface area contributed by atoms with Crippen LogP contribution < -0.4 is 0 Å². The van der Waals surface area contributed by atoms with Gasteiger partial charge in [0.15, 0.2) is 0 Å². The van der Waals surface area contributed by atoms with Crippen LogP contribution in [0.4, 0.5) is 0 Å². The van der Waals surface area contributed by atoms with Crippen LogP contribution in [0.5, 0.6) is 0 Å². The van der Waals surface area contributed by atoms with Crippen LogP contribution in [0.15, 0.2) is 200 Å². The molecule has 2 heterocycles. The van der Waals surface area contributed by atoms with Gasteiger partial charge in [0.05, 0.1) is 22.1 Å². The summed E-state index contributed by atoms with van der Waals surface area (Å²) >= 11 is 0. The summed E-state index contributed by atoms with van der Waals surface area (Å²) in [5, 5.41) is 12.2. The molecule has 0 atom stereocenters. The minimum Gasteiger partial charge on any atom is -0.309 e. The molecule has 0 aliphatic heterocycles. The Bertz CT molecular complexity index is 3460. The van der Waals surface area contributed by atoms with Gasteiger partial charge in [-0.15, -0.1) is 0 Å². The van der Waals surface area contributed by atoms with E-state index in [0.717, 1.165) is 39.2 Å². The van der Waals surface area contributed by atoms with Gasteiger partial charge < -0.3 is 4.57 Å². The lowest BCUT2D eigenvalue weighted by molar-refractivity contribution is 1.11. The number of rotatable bonds is 4. The molecule has 2 aromatic heterocycles. The van der Waals surface area contributed by atoms with Crippen molar-refractivity contribution in [2.45, 2.75) is 0 Å². The zero-order chi connectivity index (χ0) is 36.7. The predicted molar refractivity (Wildman–Crippen MR) is 236 cm³/mol. The van der Waals surface area contributed by atoms with Gasteiger partial charge in [-0.2, -0.15) is 0 Å². The molecule has 0 fully saturated rings. The highest BCUT2D eigenvalue weighted by atomic mass is 15.1. The Labute approximate surface area is 322 Å². The van der Waals surface area contributed by atoms with Gasteiger partial charge in [-0.05, 0) is 98.0 Å². The largest absolute Gasteiger partial charge is 0.309 e. The van der Waals surface area contributed by atoms with E-state index in [9.17, 15) is 0 Å². The molecule has 3 heteroatoms. The lowest BCUT2D eigenvalue weighted by Gasteiger charge is -2.15. The van der Waals surface area contributed by atoms with Crippen molar-refractivity contribution in [1.29, 1.82) is 0 Å². The maximum atomic E-state index is 5.61. The molecule has 0 unspecified atom stereocenters. The van der Waals surface area contributed by atoms with Crippen LogP contribution in [0.2, 0.25) is 0 Å². The fourth-order valence-corrected chi connectivity index (χ4v) is 9.22. The summed E-state index contributed by atoms with van der Waals surface area (Å²) in [6.07, 6.45) is 0. The highest BCUT2D eigenvalue weighted by Crippen LogP contribution is 2.42. The Balaban J connectivity index is 1.14. The molecule has 0 radical (unpaired) electrons. The van der Waals surface area contributed by atoms with Crippen LogP contribution in [-0.2, 0) is 0 Å². The average Bonchev–Trinajstić information content (AvgIpc) is 3.83. The van der Waals surface area contributed by atoms with Crippen molar-refractivity contribution in [3.63, 3.8) is 0 Å². The molecule has 0 bridgehead atoms. The number of benzene rings is 10. The third kappa shape index (κ3) is 4.49. The van der Waals surface area contributed by atoms with E-state index in [1.54, 1.807) is 0 Å².